The first-order chi connectivity index (χ1) is 15.1. The van der Waals surface area contributed by atoms with Gasteiger partial charge >= 0.3 is 0 Å². The molecule has 4 rings (SSSR count). The molecule has 0 aliphatic heterocycles. The van der Waals surface area contributed by atoms with E-state index in [-0.39, 0.29) is 17.6 Å². The minimum Gasteiger partial charge on any atom is -0.325 e. The van der Waals surface area contributed by atoms with Gasteiger partial charge in [-0.25, -0.2) is 0 Å². The maximum atomic E-state index is 12.5. The molecule has 0 fully saturated rings. The van der Waals surface area contributed by atoms with Gasteiger partial charge in [-0.15, -0.1) is 11.8 Å². The monoisotopic (exact) mass is 446 g/mol. The number of rotatable bonds is 6. The highest BCUT2D eigenvalue weighted by atomic mass is 35.5. The van der Waals surface area contributed by atoms with Gasteiger partial charge in [0, 0.05) is 32.2 Å². The van der Waals surface area contributed by atoms with Gasteiger partial charge in [0.25, 0.3) is 5.91 Å². The van der Waals surface area contributed by atoms with E-state index in [2.05, 4.69) is 10.6 Å². The zero-order valence-corrected chi connectivity index (χ0v) is 18.0. The summed E-state index contributed by atoms with van der Waals surface area (Å²) in [5.41, 5.74) is 1.94. The predicted molar refractivity (Wildman–Crippen MR) is 129 cm³/mol. The van der Waals surface area contributed by atoms with Gasteiger partial charge in [0.1, 0.15) is 0 Å². The zero-order chi connectivity index (χ0) is 21.6. The van der Waals surface area contributed by atoms with Crippen molar-refractivity contribution in [2.45, 2.75) is 4.90 Å². The SMILES string of the molecule is O=C(CSc1cccc(NC(=O)c2cccc(Cl)c2)c1)Nc1cccc2ccccc12. The predicted octanol–water partition coefficient (Wildman–Crippen LogP) is 6.48. The Morgan fingerprint density at radius 3 is 2.45 bits per heavy atom. The van der Waals surface area contributed by atoms with Crippen molar-refractivity contribution in [2.75, 3.05) is 16.4 Å². The number of hydrogen-bond donors (Lipinski definition) is 2. The lowest BCUT2D eigenvalue weighted by atomic mass is 10.1. The fourth-order valence-corrected chi connectivity index (χ4v) is 4.11. The first-order valence-corrected chi connectivity index (χ1v) is 11.0. The third-order valence-corrected chi connectivity index (χ3v) is 5.84. The summed E-state index contributed by atoms with van der Waals surface area (Å²) in [5.74, 6) is -0.0670. The molecule has 2 amide bonds. The summed E-state index contributed by atoms with van der Waals surface area (Å²) >= 11 is 7.37. The minimum atomic E-state index is -0.238. The van der Waals surface area contributed by atoms with Crippen molar-refractivity contribution in [3.8, 4) is 0 Å². The Bertz CT molecular complexity index is 1250. The lowest BCUT2D eigenvalue weighted by molar-refractivity contribution is -0.113. The van der Waals surface area contributed by atoms with Crippen LogP contribution in [0.4, 0.5) is 11.4 Å². The Morgan fingerprint density at radius 2 is 1.58 bits per heavy atom. The van der Waals surface area contributed by atoms with Crippen molar-refractivity contribution in [1.82, 2.24) is 0 Å². The topological polar surface area (TPSA) is 58.2 Å². The average Bonchev–Trinajstić information content (AvgIpc) is 2.78. The van der Waals surface area contributed by atoms with Crippen LogP contribution in [0.3, 0.4) is 0 Å². The molecule has 0 atom stereocenters. The number of fused-ring (bicyclic) bond motifs is 1. The van der Waals surface area contributed by atoms with Crippen molar-refractivity contribution in [1.29, 1.82) is 0 Å². The normalized spacial score (nSPS) is 10.6. The molecule has 4 aromatic carbocycles. The maximum Gasteiger partial charge on any atom is 0.255 e. The van der Waals surface area contributed by atoms with Crippen LogP contribution < -0.4 is 10.6 Å². The number of halogens is 1. The van der Waals surface area contributed by atoms with E-state index in [4.69, 9.17) is 11.6 Å². The van der Waals surface area contributed by atoms with Crippen molar-refractivity contribution >= 4 is 57.3 Å². The molecule has 31 heavy (non-hydrogen) atoms. The largest absolute Gasteiger partial charge is 0.325 e. The van der Waals surface area contributed by atoms with Crippen molar-refractivity contribution in [2.24, 2.45) is 0 Å². The molecule has 4 aromatic rings. The average molecular weight is 447 g/mol. The van der Waals surface area contributed by atoms with E-state index in [1.54, 1.807) is 24.3 Å². The quantitative estimate of drug-likeness (QED) is 0.333. The highest BCUT2D eigenvalue weighted by molar-refractivity contribution is 8.00. The molecule has 0 unspecified atom stereocenters. The molecule has 0 aliphatic carbocycles. The van der Waals surface area contributed by atoms with Gasteiger partial charge in [-0.3, -0.25) is 9.59 Å². The Kier molecular flexibility index (Phi) is 6.55. The van der Waals surface area contributed by atoms with Gasteiger partial charge in [-0.1, -0.05) is 60.1 Å². The van der Waals surface area contributed by atoms with E-state index in [1.165, 1.54) is 11.8 Å². The molecule has 0 saturated heterocycles. The van der Waals surface area contributed by atoms with Gasteiger partial charge in [0.05, 0.1) is 5.75 Å². The van der Waals surface area contributed by atoms with Crippen LogP contribution in [0.25, 0.3) is 10.8 Å². The van der Waals surface area contributed by atoms with Crippen LogP contribution in [0.15, 0.2) is 95.9 Å². The van der Waals surface area contributed by atoms with Crippen LogP contribution >= 0.6 is 23.4 Å². The number of amides is 2. The number of benzene rings is 4. The molecule has 0 heterocycles. The summed E-state index contributed by atoms with van der Waals surface area (Å²) in [4.78, 5) is 25.8. The summed E-state index contributed by atoms with van der Waals surface area (Å²) in [6.07, 6.45) is 0. The number of anilines is 2. The van der Waals surface area contributed by atoms with Gasteiger partial charge in [-0.05, 0) is 47.9 Å². The van der Waals surface area contributed by atoms with Crippen molar-refractivity contribution in [3.05, 3.63) is 102 Å². The Hall–Kier alpha value is -3.28. The molecular formula is C25H19ClN2O2S. The standard InChI is InChI=1S/C25H19ClN2O2S/c26-19-9-3-8-18(14-19)25(30)27-20-10-5-11-21(15-20)31-16-24(29)28-23-13-4-7-17-6-1-2-12-22(17)23/h1-15H,16H2,(H,27,30)(H,28,29). The van der Waals surface area contributed by atoms with Gasteiger partial charge in [-0.2, -0.15) is 0 Å². The second-order valence-corrected chi connectivity index (χ2v) is 8.34. The maximum absolute atomic E-state index is 12.5. The molecule has 0 aromatic heterocycles. The van der Waals surface area contributed by atoms with E-state index < -0.39 is 0 Å². The van der Waals surface area contributed by atoms with Crippen LogP contribution in [0, 0.1) is 0 Å². The number of hydrogen-bond acceptors (Lipinski definition) is 3. The van der Waals surface area contributed by atoms with E-state index in [0.29, 0.717) is 16.3 Å². The Morgan fingerprint density at radius 1 is 0.806 bits per heavy atom. The van der Waals surface area contributed by atoms with E-state index in [9.17, 15) is 9.59 Å². The van der Waals surface area contributed by atoms with Crippen LogP contribution in [0.1, 0.15) is 10.4 Å². The van der Waals surface area contributed by atoms with Crippen LogP contribution in [-0.2, 0) is 4.79 Å². The Balaban J connectivity index is 1.37. The van der Waals surface area contributed by atoms with Crippen LogP contribution in [0.5, 0.6) is 0 Å². The van der Waals surface area contributed by atoms with E-state index >= 15 is 0 Å². The fourth-order valence-electron chi connectivity index (χ4n) is 3.17. The molecule has 2 N–H and O–H groups in total. The lowest BCUT2D eigenvalue weighted by Gasteiger charge is -2.10. The number of nitrogens with one attached hydrogen (secondary N) is 2. The highest BCUT2D eigenvalue weighted by Gasteiger charge is 2.09. The molecule has 0 bridgehead atoms. The molecule has 0 spiro atoms. The molecule has 6 heteroatoms. The van der Waals surface area contributed by atoms with Crippen molar-refractivity contribution < 1.29 is 9.59 Å². The number of thioether (sulfide) groups is 1. The first kappa shape index (κ1) is 21.0. The van der Waals surface area contributed by atoms with Crippen LogP contribution in [-0.4, -0.2) is 17.6 Å². The molecule has 4 nitrogen and oxygen atoms in total. The molecular weight excluding hydrogens is 428 g/mol. The molecule has 0 saturated carbocycles. The minimum absolute atomic E-state index is 0.0882. The lowest BCUT2D eigenvalue weighted by Crippen LogP contribution is -2.14. The summed E-state index contributed by atoms with van der Waals surface area (Å²) in [6, 6.07) is 28.0. The van der Waals surface area contributed by atoms with Gasteiger partial charge in [0.2, 0.25) is 5.91 Å². The van der Waals surface area contributed by atoms with Gasteiger partial charge in [0.15, 0.2) is 0 Å². The third-order valence-electron chi connectivity index (χ3n) is 4.61. The van der Waals surface area contributed by atoms with E-state index in [1.807, 2.05) is 66.7 Å². The number of carbonyl (C=O) groups excluding carboxylic acids is 2. The summed E-state index contributed by atoms with van der Waals surface area (Å²) < 4.78 is 0. The van der Waals surface area contributed by atoms with Crippen molar-refractivity contribution in [3.63, 3.8) is 0 Å². The van der Waals surface area contributed by atoms with Crippen LogP contribution in [0.2, 0.25) is 5.02 Å². The van der Waals surface area contributed by atoms with E-state index in [0.717, 1.165) is 21.4 Å². The number of carbonyl (C=O) groups is 2. The third kappa shape index (κ3) is 5.45. The second kappa shape index (κ2) is 9.69. The Labute approximate surface area is 189 Å². The second-order valence-electron chi connectivity index (χ2n) is 6.86. The molecule has 154 valence electrons. The fraction of sp³-hybridized carbons (Fsp3) is 0.0400. The van der Waals surface area contributed by atoms with Gasteiger partial charge < -0.3 is 10.6 Å². The summed E-state index contributed by atoms with van der Waals surface area (Å²) in [5, 5.41) is 8.45. The zero-order valence-electron chi connectivity index (χ0n) is 16.5. The highest BCUT2D eigenvalue weighted by Crippen LogP contribution is 2.25. The molecule has 0 radical (unpaired) electrons. The smallest absolute Gasteiger partial charge is 0.255 e. The first-order valence-electron chi connectivity index (χ1n) is 9.66. The summed E-state index contributed by atoms with van der Waals surface area (Å²) in [6.45, 7) is 0. The summed E-state index contributed by atoms with van der Waals surface area (Å²) in [7, 11) is 0. The molecule has 0 aliphatic rings.